The van der Waals surface area contributed by atoms with E-state index in [1.165, 1.54) is 0 Å². The second-order valence-electron chi connectivity index (χ2n) is 5.15. The van der Waals surface area contributed by atoms with Crippen LogP contribution in [0.5, 0.6) is 0 Å². The number of hydrogen-bond acceptors (Lipinski definition) is 2. The van der Waals surface area contributed by atoms with Crippen LogP contribution in [0.15, 0.2) is 48.5 Å². The molecular weight excluding hydrogens is 312 g/mol. The van der Waals surface area contributed by atoms with Gasteiger partial charge in [-0.25, -0.2) is 9.78 Å². The van der Waals surface area contributed by atoms with E-state index in [1.807, 2.05) is 42.5 Å². The molecule has 0 radical (unpaired) electrons. The molecule has 0 unspecified atom stereocenters. The van der Waals surface area contributed by atoms with Crippen LogP contribution in [-0.4, -0.2) is 22.5 Å². The minimum atomic E-state index is -0.221. The smallest absolute Gasteiger partial charge is 0.315 e. The van der Waals surface area contributed by atoms with Crippen molar-refractivity contribution in [1.29, 1.82) is 0 Å². The highest BCUT2D eigenvalue weighted by atomic mass is 35.5. The first-order valence-electron chi connectivity index (χ1n) is 7.41. The molecule has 1 heterocycles. The number of carbonyl (C=O) groups is 1. The number of imidazole rings is 1. The lowest BCUT2D eigenvalue weighted by Crippen LogP contribution is -2.36. The summed E-state index contributed by atoms with van der Waals surface area (Å²) in [4.78, 5) is 19.5. The van der Waals surface area contributed by atoms with Gasteiger partial charge in [-0.3, -0.25) is 0 Å². The number of carbonyl (C=O) groups excluding carboxylic acids is 1. The van der Waals surface area contributed by atoms with Crippen molar-refractivity contribution in [3.8, 4) is 0 Å². The zero-order chi connectivity index (χ0) is 16.1. The Labute approximate surface area is 139 Å². The first-order valence-corrected chi connectivity index (χ1v) is 7.79. The Morgan fingerprint density at radius 2 is 1.87 bits per heavy atom. The van der Waals surface area contributed by atoms with Gasteiger partial charge in [-0.1, -0.05) is 41.9 Å². The molecule has 0 saturated heterocycles. The van der Waals surface area contributed by atoms with E-state index in [1.54, 1.807) is 6.07 Å². The van der Waals surface area contributed by atoms with Crippen LogP contribution in [-0.2, 0) is 13.0 Å². The molecule has 5 nitrogen and oxygen atoms in total. The van der Waals surface area contributed by atoms with Crippen molar-refractivity contribution in [3.05, 3.63) is 64.9 Å². The molecule has 0 atom stereocenters. The Hall–Kier alpha value is -2.53. The molecule has 0 aliphatic carbocycles. The Balaban J connectivity index is 1.45. The number of hydrogen-bond donors (Lipinski definition) is 3. The molecule has 3 rings (SSSR count). The number of para-hydroxylation sites is 2. The lowest BCUT2D eigenvalue weighted by molar-refractivity contribution is 0.240. The molecule has 1 aromatic heterocycles. The Kier molecular flexibility index (Phi) is 4.78. The number of urea groups is 1. The van der Waals surface area contributed by atoms with Crippen molar-refractivity contribution in [2.45, 2.75) is 13.0 Å². The van der Waals surface area contributed by atoms with Gasteiger partial charge < -0.3 is 15.6 Å². The molecule has 2 amide bonds. The molecule has 118 valence electrons. The van der Waals surface area contributed by atoms with Crippen LogP contribution >= 0.6 is 11.6 Å². The zero-order valence-corrected chi connectivity index (χ0v) is 13.2. The molecule has 0 saturated carbocycles. The summed E-state index contributed by atoms with van der Waals surface area (Å²) in [7, 11) is 0. The minimum Gasteiger partial charge on any atom is -0.342 e. The Morgan fingerprint density at radius 1 is 1.09 bits per heavy atom. The minimum absolute atomic E-state index is 0.221. The number of aromatic amines is 1. The van der Waals surface area contributed by atoms with Crippen LogP contribution in [0.1, 0.15) is 11.4 Å². The van der Waals surface area contributed by atoms with Crippen molar-refractivity contribution < 1.29 is 4.79 Å². The monoisotopic (exact) mass is 328 g/mol. The number of fused-ring (bicyclic) bond motifs is 1. The zero-order valence-electron chi connectivity index (χ0n) is 12.5. The molecule has 0 aliphatic heterocycles. The van der Waals surface area contributed by atoms with Crippen LogP contribution in [0, 0.1) is 0 Å². The van der Waals surface area contributed by atoms with Gasteiger partial charge in [0, 0.05) is 24.5 Å². The summed E-state index contributed by atoms with van der Waals surface area (Å²) in [5.74, 6) is 0.859. The predicted octanol–water partition coefficient (Wildman–Crippen LogP) is 3.26. The average molecular weight is 329 g/mol. The number of nitrogens with zero attached hydrogens (tertiary/aromatic N) is 1. The molecular formula is C17H17ClN4O. The number of benzene rings is 2. The number of nitrogens with one attached hydrogen (secondary N) is 3. The van der Waals surface area contributed by atoms with Gasteiger partial charge in [0.2, 0.25) is 0 Å². The summed E-state index contributed by atoms with van der Waals surface area (Å²) in [5.41, 5.74) is 2.83. The van der Waals surface area contributed by atoms with Crippen LogP contribution in [0.25, 0.3) is 11.0 Å². The summed E-state index contributed by atoms with van der Waals surface area (Å²) < 4.78 is 0. The van der Waals surface area contributed by atoms with Gasteiger partial charge in [-0.05, 0) is 23.8 Å². The lowest BCUT2D eigenvalue weighted by Gasteiger charge is -2.08. The molecule has 0 fully saturated rings. The van der Waals surface area contributed by atoms with Crippen molar-refractivity contribution in [2.75, 3.05) is 6.54 Å². The maximum atomic E-state index is 11.8. The lowest BCUT2D eigenvalue weighted by atomic mass is 10.2. The fourth-order valence-corrected chi connectivity index (χ4v) is 2.50. The topological polar surface area (TPSA) is 69.8 Å². The quantitative estimate of drug-likeness (QED) is 0.673. The molecule has 0 bridgehead atoms. The summed E-state index contributed by atoms with van der Waals surface area (Å²) in [5, 5.41) is 6.25. The Bertz CT molecular complexity index is 782. The van der Waals surface area contributed by atoms with E-state index in [9.17, 15) is 4.79 Å². The van der Waals surface area contributed by atoms with Crippen LogP contribution in [0.2, 0.25) is 5.02 Å². The van der Waals surface area contributed by atoms with E-state index < -0.39 is 0 Å². The van der Waals surface area contributed by atoms with Gasteiger partial charge in [-0.2, -0.15) is 0 Å². The van der Waals surface area contributed by atoms with Gasteiger partial charge in [0.05, 0.1) is 11.0 Å². The SMILES string of the molecule is O=C(NCCc1nc2ccccc2[nH]1)NCc1ccccc1Cl. The molecule has 0 aliphatic rings. The summed E-state index contributed by atoms with van der Waals surface area (Å²) in [6, 6.07) is 15.1. The summed E-state index contributed by atoms with van der Waals surface area (Å²) in [6.07, 6.45) is 0.647. The van der Waals surface area contributed by atoms with E-state index in [4.69, 9.17) is 11.6 Å². The van der Waals surface area contributed by atoms with Gasteiger partial charge in [0.25, 0.3) is 0 Å². The molecule has 3 N–H and O–H groups in total. The predicted molar refractivity (Wildman–Crippen MR) is 91.5 cm³/mol. The standard InChI is InChI=1S/C17H17ClN4O/c18-13-6-2-1-5-12(13)11-20-17(23)19-10-9-16-21-14-7-3-4-8-15(14)22-16/h1-8H,9-11H2,(H,21,22)(H2,19,20,23). The first kappa shape index (κ1) is 15.4. The summed E-state index contributed by atoms with van der Waals surface area (Å²) >= 11 is 6.05. The first-order chi connectivity index (χ1) is 11.2. The third-order valence-corrected chi connectivity index (χ3v) is 3.85. The van der Waals surface area contributed by atoms with E-state index in [2.05, 4.69) is 20.6 Å². The third kappa shape index (κ3) is 4.02. The van der Waals surface area contributed by atoms with E-state index in [0.29, 0.717) is 24.5 Å². The fraction of sp³-hybridized carbons (Fsp3) is 0.176. The number of halogens is 1. The molecule has 23 heavy (non-hydrogen) atoms. The highest BCUT2D eigenvalue weighted by Crippen LogP contribution is 2.14. The fourth-order valence-electron chi connectivity index (χ4n) is 2.30. The largest absolute Gasteiger partial charge is 0.342 e. The molecule has 3 aromatic rings. The maximum absolute atomic E-state index is 11.8. The normalized spacial score (nSPS) is 10.7. The number of H-pyrrole nitrogens is 1. The average Bonchev–Trinajstić information content (AvgIpc) is 2.97. The third-order valence-electron chi connectivity index (χ3n) is 3.48. The second kappa shape index (κ2) is 7.15. The summed E-state index contributed by atoms with van der Waals surface area (Å²) in [6.45, 7) is 0.907. The van der Waals surface area contributed by atoms with Gasteiger partial charge >= 0.3 is 6.03 Å². The van der Waals surface area contributed by atoms with Gasteiger partial charge in [0.15, 0.2) is 0 Å². The van der Waals surface area contributed by atoms with Crippen LogP contribution < -0.4 is 10.6 Å². The van der Waals surface area contributed by atoms with Crippen molar-refractivity contribution in [1.82, 2.24) is 20.6 Å². The van der Waals surface area contributed by atoms with Crippen LogP contribution in [0.3, 0.4) is 0 Å². The molecule has 0 spiro atoms. The van der Waals surface area contributed by atoms with E-state index >= 15 is 0 Å². The maximum Gasteiger partial charge on any atom is 0.315 e. The highest BCUT2D eigenvalue weighted by Gasteiger charge is 2.05. The number of rotatable bonds is 5. The van der Waals surface area contributed by atoms with Crippen molar-refractivity contribution >= 4 is 28.7 Å². The van der Waals surface area contributed by atoms with Crippen molar-refractivity contribution in [3.63, 3.8) is 0 Å². The van der Waals surface area contributed by atoms with Crippen molar-refractivity contribution in [2.24, 2.45) is 0 Å². The van der Waals surface area contributed by atoms with Gasteiger partial charge in [-0.15, -0.1) is 0 Å². The highest BCUT2D eigenvalue weighted by molar-refractivity contribution is 6.31. The van der Waals surface area contributed by atoms with Crippen LogP contribution in [0.4, 0.5) is 4.79 Å². The second-order valence-corrected chi connectivity index (χ2v) is 5.56. The molecule has 6 heteroatoms. The van der Waals surface area contributed by atoms with Gasteiger partial charge in [0.1, 0.15) is 5.82 Å². The molecule has 2 aromatic carbocycles. The van der Waals surface area contributed by atoms with E-state index in [0.717, 1.165) is 22.4 Å². The Morgan fingerprint density at radius 3 is 2.70 bits per heavy atom. The van der Waals surface area contributed by atoms with E-state index in [-0.39, 0.29) is 6.03 Å². The number of aromatic nitrogens is 2. The number of amides is 2.